The Labute approximate surface area is 124 Å². The first-order valence-corrected chi connectivity index (χ1v) is 8.27. The van der Waals surface area contributed by atoms with Crippen LogP contribution < -0.4 is 0 Å². The summed E-state index contributed by atoms with van der Waals surface area (Å²) in [6, 6.07) is 9.58. The lowest BCUT2D eigenvalue weighted by Gasteiger charge is -2.39. The van der Waals surface area contributed by atoms with Crippen LogP contribution >= 0.6 is 0 Å². The Morgan fingerprint density at radius 3 is 2.67 bits per heavy atom. The molecule has 1 fully saturated rings. The molecule has 2 heterocycles. The first kappa shape index (κ1) is 14.2. The second-order valence-corrected chi connectivity index (χ2v) is 7.13. The molecule has 0 radical (unpaired) electrons. The normalized spacial score (nSPS) is 21.5. The average molecular weight is 306 g/mol. The quantitative estimate of drug-likeness (QED) is 0.921. The molecule has 6 nitrogen and oxygen atoms in total. The number of aromatic nitrogens is 2. The summed E-state index contributed by atoms with van der Waals surface area (Å²) < 4.78 is 27.1. The molecule has 0 saturated carbocycles. The van der Waals surface area contributed by atoms with Crippen LogP contribution in [-0.2, 0) is 10.0 Å². The summed E-state index contributed by atoms with van der Waals surface area (Å²) in [5.74, 6) is 0. The number of sulfonamides is 1. The molecule has 1 saturated heterocycles. The number of hydrogen-bond donors (Lipinski definition) is 1. The predicted molar refractivity (Wildman–Crippen MR) is 79.2 cm³/mol. The van der Waals surface area contributed by atoms with Crippen LogP contribution in [0.15, 0.2) is 47.6 Å². The fraction of sp³-hybridized carbons (Fsp3) is 0.357. The van der Waals surface area contributed by atoms with E-state index in [9.17, 15) is 8.42 Å². The lowest BCUT2D eigenvalue weighted by molar-refractivity contribution is 0.160. The van der Waals surface area contributed by atoms with Gasteiger partial charge in [-0.15, -0.1) is 0 Å². The van der Waals surface area contributed by atoms with Crippen molar-refractivity contribution in [2.45, 2.75) is 10.9 Å². The lowest BCUT2D eigenvalue weighted by Crippen LogP contribution is -2.49. The average Bonchev–Trinajstić information content (AvgIpc) is 3.03. The maximum atomic E-state index is 12.8. The number of aromatic amines is 1. The van der Waals surface area contributed by atoms with Gasteiger partial charge in [0.05, 0.1) is 12.2 Å². The Balaban J connectivity index is 1.99. The molecule has 1 aliphatic heterocycles. The van der Waals surface area contributed by atoms with Crippen LogP contribution in [-0.4, -0.2) is 54.5 Å². The van der Waals surface area contributed by atoms with Crippen molar-refractivity contribution in [1.29, 1.82) is 0 Å². The molecule has 0 spiro atoms. The van der Waals surface area contributed by atoms with Gasteiger partial charge in [0.25, 0.3) is 0 Å². The van der Waals surface area contributed by atoms with Crippen LogP contribution in [0.25, 0.3) is 0 Å². The maximum absolute atomic E-state index is 12.8. The van der Waals surface area contributed by atoms with E-state index in [2.05, 4.69) is 15.1 Å². The van der Waals surface area contributed by atoms with Crippen LogP contribution in [0.1, 0.15) is 11.6 Å². The molecule has 1 N–H and O–H groups in total. The summed E-state index contributed by atoms with van der Waals surface area (Å²) in [4.78, 5) is 2.37. The molecule has 1 aliphatic rings. The van der Waals surface area contributed by atoms with Crippen molar-refractivity contribution in [3.63, 3.8) is 0 Å². The minimum Gasteiger partial charge on any atom is -0.303 e. The van der Waals surface area contributed by atoms with Gasteiger partial charge in [0.2, 0.25) is 10.0 Å². The molecule has 0 bridgehead atoms. The van der Waals surface area contributed by atoms with E-state index in [0.29, 0.717) is 13.1 Å². The molecule has 21 heavy (non-hydrogen) atoms. The number of piperazine rings is 1. The summed E-state index contributed by atoms with van der Waals surface area (Å²) in [6.45, 7) is 1.88. The zero-order valence-electron chi connectivity index (χ0n) is 11.8. The predicted octanol–water partition coefficient (Wildman–Crippen LogP) is 1.09. The fourth-order valence-corrected chi connectivity index (χ4v) is 4.16. The molecule has 1 aromatic heterocycles. The topological polar surface area (TPSA) is 69.3 Å². The van der Waals surface area contributed by atoms with Gasteiger partial charge in [0.15, 0.2) is 0 Å². The molecule has 2 aromatic rings. The molecule has 112 valence electrons. The molecular formula is C14H18N4O2S. The smallest absolute Gasteiger partial charge is 0.246 e. The number of benzene rings is 1. The highest BCUT2D eigenvalue weighted by atomic mass is 32.2. The second kappa shape index (κ2) is 5.59. The van der Waals surface area contributed by atoms with Gasteiger partial charge in [0.1, 0.15) is 4.90 Å². The van der Waals surface area contributed by atoms with E-state index in [1.54, 1.807) is 4.31 Å². The number of rotatable bonds is 3. The zero-order chi connectivity index (χ0) is 14.9. The molecule has 0 aliphatic carbocycles. The lowest BCUT2D eigenvalue weighted by atomic mass is 10.1. The van der Waals surface area contributed by atoms with Crippen molar-refractivity contribution in [2.75, 3.05) is 26.7 Å². The third kappa shape index (κ3) is 2.72. The molecular weight excluding hydrogens is 288 g/mol. The number of H-pyrrole nitrogens is 1. The van der Waals surface area contributed by atoms with E-state index >= 15 is 0 Å². The van der Waals surface area contributed by atoms with Gasteiger partial charge in [-0.25, -0.2) is 8.42 Å². The summed E-state index contributed by atoms with van der Waals surface area (Å²) in [7, 11) is -1.51. The van der Waals surface area contributed by atoms with E-state index in [1.807, 2.05) is 37.4 Å². The molecule has 1 atom stereocenters. The minimum atomic E-state index is -3.53. The van der Waals surface area contributed by atoms with Gasteiger partial charge in [-0.2, -0.15) is 9.40 Å². The van der Waals surface area contributed by atoms with Gasteiger partial charge in [0, 0.05) is 25.8 Å². The highest BCUT2D eigenvalue weighted by Gasteiger charge is 2.36. The van der Waals surface area contributed by atoms with Gasteiger partial charge < -0.3 is 4.90 Å². The Bertz CT molecular complexity index is 685. The van der Waals surface area contributed by atoms with Crippen molar-refractivity contribution in [3.8, 4) is 0 Å². The maximum Gasteiger partial charge on any atom is 0.246 e. The van der Waals surface area contributed by atoms with Crippen LogP contribution in [0.2, 0.25) is 0 Å². The Morgan fingerprint density at radius 1 is 1.24 bits per heavy atom. The van der Waals surface area contributed by atoms with E-state index in [1.165, 1.54) is 12.4 Å². The first-order chi connectivity index (χ1) is 10.1. The highest BCUT2D eigenvalue weighted by Crippen LogP contribution is 2.30. The summed E-state index contributed by atoms with van der Waals surface area (Å²) in [5, 5.41) is 6.33. The van der Waals surface area contributed by atoms with Crippen LogP contribution in [0, 0.1) is 0 Å². The van der Waals surface area contributed by atoms with Crippen molar-refractivity contribution in [3.05, 3.63) is 48.3 Å². The summed E-state index contributed by atoms with van der Waals surface area (Å²) in [5.41, 5.74) is 1.01. The number of likely N-dealkylation sites (N-methyl/N-ethyl adjacent to an activating group) is 1. The minimum absolute atomic E-state index is 0.176. The van der Waals surface area contributed by atoms with E-state index in [0.717, 1.165) is 12.1 Å². The monoisotopic (exact) mass is 306 g/mol. The summed E-state index contributed by atoms with van der Waals surface area (Å²) >= 11 is 0. The third-order valence-corrected chi connectivity index (χ3v) is 5.67. The van der Waals surface area contributed by atoms with E-state index in [-0.39, 0.29) is 10.9 Å². The fourth-order valence-electron chi connectivity index (χ4n) is 2.65. The third-order valence-electron chi connectivity index (χ3n) is 3.80. The van der Waals surface area contributed by atoms with Gasteiger partial charge >= 0.3 is 0 Å². The van der Waals surface area contributed by atoms with Crippen molar-refractivity contribution in [1.82, 2.24) is 19.4 Å². The first-order valence-electron chi connectivity index (χ1n) is 6.83. The van der Waals surface area contributed by atoms with Gasteiger partial charge in [-0.3, -0.25) is 5.10 Å². The van der Waals surface area contributed by atoms with Crippen molar-refractivity contribution < 1.29 is 8.42 Å². The molecule has 7 heteroatoms. The number of hydrogen-bond acceptors (Lipinski definition) is 4. The molecule has 1 aromatic carbocycles. The van der Waals surface area contributed by atoms with Crippen molar-refractivity contribution in [2.24, 2.45) is 0 Å². The number of nitrogens with one attached hydrogen (secondary N) is 1. The Kier molecular flexibility index (Phi) is 3.79. The number of nitrogens with zero attached hydrogens (tertiary/aromatic N) is 3. The van der Waals surface area contributed by atoms with Crippen LogP contribution in [0.4, 0.5) is 0 Å². The van der Waals surface area contributed by atoms with Gasteiger partial charge in [-0.05, 0) is 12.6 Å². The molecule has 1 unspecified atom stereocenters. The standard InChI is InChI=1S/C14H18N4O2S/c1-17-7-8-18(21(19,20)13-9-15-16-10-13)14(11-17)12-5-3-2-4-6-12/h2-6,9-10,14H,7-8,11H2,1H3,(H,15,16). The van der Waals surface area contributed by atoms with Gasteiger partial charge in [-0.1, -0.05) is 30.3 Å². The van der Waals surface area contributed by atoms with Crippen LogP contribution in [0.5, 0.6) is 0 Å². The largest absolute Gasteiger partial charge is 0.303 e. The highest BCUT2D eigenvalue weighted by molar-refractivity contribution is 7.89. The molecule has 0 amide bonds. The Morgan fingerprint density at radius 2 is 2.00 bits per heavy atom. The van der Waals surface area contributed by atoms with E-state index < -0.39 is 10.0 Å². The zero-order valence-corrected chi connectivity index (χ0v) is 12.6. The second-order valence-electron chi connectivity index (χ2n) is 5.24. The van der Waals surface area contributed by atoms with Crippen molar-refractivity contribution >= 4 is 10.0 Å². The van der Waals surface area contributed by atoms with E-state index in [4.69, 9.17) is 0 Å². The van der Waals surface area contributed by atoms with Crippen LogP contribution in [0.3, 0.4) is 0 Å². The SMILES string of the molecule is CN1CCN(S(=O)(=O)c2cn[nH]c2)C(c2ccccc2)C1. The molecule has 3 rings (SSSR count). The summed E-state index contributed by atoms with van der Waals surface area (Å²) in [6.07, 6.45) is 2.78. The Hall–Kier alpha value is -1.70.